The highest BCUT2D eigenvalue weighted by Crippen LogP contribution is 2.49. The SMILES string of the molecule is CN(CCCl)CC(Cl)N1c2ccccc2Sc2ccccc21. The van der Waals surface area contributed by atoms with Gasteiger partial charge in [-0.05, 0) is 31.3 Å². The highest BCUT2D eigenvalue weighted by Gasteiger charge is 2.28. The first kappa shape index (κ1) is 16.0. The summed E-state index contributed by atoms with van der Waals surface area (Å²) in [6, 6.07) is 16.8. The third kappa shape index (κ3) is 3.23. The number of fused-ring (bicyclic) bond motifs is 2. The quantitative estimate of drug-likeness (QED) is 0.550. The summed E-state index contributed by atoms with van der Waals surface area (Å²) in [6.45, 7) is 1.58. The van der Waals surface area contributed by atoms with Crippen molar-refractivity contribution in [3.63, 3.8) is 0 Å². The van der Waals surface area contributed by atoms with Crippen LogP contribution in [0.25, 0.3) is 0 Å². The van der Waals surface area contributed by atoms with Crippen molar-refractivity contribution >= 4 is 46.3 Å². The Morgan fingerprint density at radius 2 is 1.59 bits per heavy atom. The molecule has 2 nitrogen and oxygen atoms in total. The van der Waals surface area contributed by atoms with E-state index >= 15 is 0 Å². The molecule has 1 unspecified atom stereocenters. The van der Waals surface area contributed by atoms with Crippen LogP contribution in [-0.2, 0) is 0 Å². The van der Waals surface area contributed by atoms with Crippen LogP contribution < -0.4 is 4.90 Å². The molecular formula is C17H18Cl2N2S. The molecule has 0 spiro atoms. The Kier molecular flexibility index (Phi) is 5.19. The summed E-state index contributed by atoms with van der Waals surface area (Å²) >= 11 is 14.4. The molecule has 0 saturated carbocycles. The maximum atomic E-state index is 6.78. The van der Waals surface area contributed by atoms with E-state index in [1.54, 1.807) is 11.8 Å². The van der Waals surface area contributed by atoms with Gasteiger partial charge in [0.25, 0.3) is 0 Å². The van der Waals surface area contributed by atoms with Crippen LogP contribution in [0.4, 0.5) is 11.4 Å². The van der Waals surface area contributed by atoms with Gasteiger partial charge in [0, 0.05) is 28.8 Å². The number of rotatable bonds is 5. The van der Waals surface area contributed by atoms with Gasteiger partial charge in [-0.2, -0.15) is 0 Å². The number of para-hydroxylation sites is 2. The summed E-state index contributed by atoms with van der Waals surface area (Å²) in [5.74, 6) is 0.614. The van der Waals surface area contributed by atoms with E-state index in [4.69, 9.17) is 23.2 Å². The fourth-order valence-corrected chi connectivity index (χ4v) is 4.42. The molecule has 3 rings (SSSR count). The topological polar surface area (TPSA) is 6.48 Å². The molecule has 1 aliphatic heterocycles. The summed E-state index contributed by atoms with van der Waals surface area (Å²) in [6.07, 6.45) is 0. The van der Waals surface area contributed by atoms with E-state index in [2.05, 4.69) is 58.3 Å². The number of halogens is 2. The molecule has 22 heavy (non-hydrogen) atoms. The lowest BCUT2D eigenvalue weighted by atomic mass is 10.2. The maximum absolute atomic E-state index is 6.78. The number of nitrogens with zero attached hydrogens (tertiary/aromatic N) is 2. The number of alkyl halides is 2. The molecule has 116 valence electrons. The van der Waals surface area contributed by atoms with Crippen molar-refractivity contribution in [2.24, 2.45) is 0 Å². The predicted octanol–water partition coefficient (Wildman–Crippen LogP) is 5.02. The first-order chi connectivity index (χ1) is 10.7. The van der Waals surface area contributed by atoms with Crippen molar-refractivity contribution in [1.29, 1.82) is 0 Å². The second-order valence-corrected chi connectivity index (χ2v) is 7.26. The fraction of sp³-hybridized carbons (Fsp3) is 0.294. The van der Waals surface area contributed by atoms with Gasteiger partial charge in [-0.15, -0.1) is 11.6 Å². The Morgan fingerprint density at radius 1 is 1.05 bits per heavy atom. The van der Waals surface area contributed by atoms with Crippen molar-refractivity contribution in [1.82, 2.24) is 4.90 Å². The van der Waals surface area contributed by atoms with E-state index in [0.717, 1.165) is 13.1 Å². The van der Waals surface area contributed by atoms with Crippen molar-refractivity contribution in [2.75, 3.05) is 30.9 Å². The van der Waals surface area contributed by atoms with Crippen LogP contribution >= 0.6 is 35.0 Å². The first-order valence-corrected chi connectivity index (χ1v) is 9.03. The molecule has 1 heterocycles. The summed E-state index contributed by atoms with van der Waals surface area (Å²) in [5, 5.41) is 0. The standard InChI is InChI=1S/C17H18Cl2N2S/c1-20(11-10-18)12-17(19)21-13-6-2-4-8-15(13)22-16-9-5-3-7-14(16)21/h2-9,17H,10-12H2,1H3. The summed E-state index contributed by atoms with van der Waals surface area (Å²) in [7, 11) is 2.05. The molecule has 0 radical (unpaired) electrons. The summed E-state index contributed by atoms with van der Waals surface area (Å²) < 4.78 is 0. The van der Waals surface area contributed by atoms with Crippen molar-refractivity contribution < 1.29 is 0 Å². The van der Waals surface area contributed by atoms with Gasteiger partial charge >= 0.3 is 0 Å². The minimum atomic E-state index is -0.142. The zero-order valence-corrected chi connectivity index (χ0v) is 14.7. The van der Waals surface area contributed by atoms with Gasteiger partial charge in [-0.1, -0.05) is 47.6 Å². The van der Waals surface area contributed by atoms with Crippen molar-refractivity contribution in [3.8, 4) is 0 Å². The number of anilines is 2. The lowest BCUT2D eigenvalue weighted by molar-refractivity contribution is 0.353. The van der Waals surface area contributed by atoms with E-state index in [1.807, 2.05) is 7.05 Å². The molecule has 0 fully saturated rings. The molecule has 0 amide bonds. The van der Waals surface area contributed by atoms with Gasteiger partial charge < -0.3 is 9.80 Å². The molecule has 0 aliphatic carbocycles. The summed E-state index contributed by atoms with van der Waals surface area (Å²) in [5.41, 5.74) is 2.20. The molecule has 2 aromatic rings. The molecule has 2 aromatic carbocycles. The lowest BCUT2D eigenvalue weighted by Gasteiger charge is -2.37. The Hall–Kier alpha value is -0.870. The number of likely N-dealkylation sites (N-methyl/N-ethyl adjacent to an activating group) is 1. The smallest absolute Gasteiger partial charge is 0.121 e. The second-order valence-electron chi connectivity index (χ2n) is 5.29. The van der Waals surface area contributed by atoms with Gasteiger partial charge in [-0.3, -0.25) is 0 Å². The van der Waals surface area contributed by atoms with Crippen LogP contribution in [0.2, 0.25) is 0 Å². The Morgan fingerprint density at radius 3 is 2.14 bits per heavy atom. The van der Waals surface area contributed by atoms with Crippen molar-refractivity contribution in [2.45, 2.75) is 15.3 Å². The average molecular weight is 353 g/mol. The van der Waals surface area contributed by atoms with E-state index in [0.29, 0.717) is 5.88 Å². The number of benzene rings is 2. The second kappa shape index (κ2) is 7.14. The van der Waals surface area contributed by atoms with Crippen LogP contribution in [0.5, 0.6) is 0 Å². The lowest BCUT2D eigenvalue weighted by Crippen LogP contribution is -2.38. The Bertz CT molecular complexity index is 605. The summed E-state index contributed by atoms with van der Waals surface area (Å²) in [4.78, 5) is 6.88. The van der Waals surface area contributed by atoms with Gasteiger partial charge in [0.05, 0.1) is 11.4 Å². The van der Waals surface area contributed by atoms with E-state index in [-0.39, 0.29) is 5.50 Å². The highest BCUT2D eigenvalue weighted by atomic mass is 35.5. The first-order valence-electron chi connectivity index (χ1n) is 7.24. The Balaban J connectivity index is 1.95. The molecular weight excluding hydrogens is 335 g/mol. The zero-order valence-electron chi connectivity index (χ0n) is 12.4. The van der Waals surface area contributed by atoms with Gasteiger partial charge in [0.15, 0.2) is 0 Å². The fourth-order valence-electron chi connectivity index (χ4n) is 2.61. The van der Waals surface area contributed by atoms with Gasteiger partial charge in [0.1, 0.15) is 5.50 Å². The molecule has 0 bridgehead atoms. The minimum Gasteiger partial charge on any atom is -0.321 e. The van der Waals surface area contributed by atoms with Crippen LogP contribution in [0.3, 0.4) is 0 Å². The molecule has 1 atom stereocenters. The average Bonchev–Trinajstić information content (AvgIpc) is 2.52. The molecule has 0 saturated heterocycles. The molecule has 1 aliphatic rings. The van der Waals surface area contributed by atoms with Gasteiger partial charge in [-0.25, -0.2) is 0 Å². The molecule has 0 N–H and O–H groups in total. The number of hydrogen-bond donors (Lipinski definition) is 0. The van der Waals surface area contributed by atoms with Crippen LogP contribution in [0, 0.1) is 0 Å². The van der Waals surface area contributed by atoms with E-state index in [9.17, 15) is 0 Å². The van der Waals surface area contributed by atoms with Gasteiger partial charge in [0.2, 0.25) is 0 Å². The third-order valence-electron chi connectivity index (χ3n) is 3.68. The van der Waals surface area contributed by atoms with E-state index < -0.39 is 0 Å². The van der Waals surface area contributed by atoms with Crippen LogP contribution in [0.1, 0.15) is 0 Å². The van der Waals surface area contributed by atoms with Crippen molar-refractivity contribution in [3.05, 3.63) is 48.5 Å². The maximum Gasteiger partial charge on any atom is 0.121 e. The highest BCUT2D eigenvalue weighted by molar-refractivity contribution is 7.99. The Labute approximate surface area is 146 Å². The minimum absolute atomic E-state index is 0.142. The largest absolute Gasteiger partial charge is 0.321 e. The zero-order chi connectivity index (χ0) is 15.5. The molecule has 0 aromatic heterocycles. The van der Waals surface area contributed by atoms with Crippen LogP contribution in [0.15, 0.2) is 58.3 Å². The predicted molar refractivity (Wildman–Crippen MR) is 97.0 cm³/mol. The monoisotopic (exact) mass is 352 g/mol. The third-order valence-corrected chi connectivity index (χ3v) is 5.31. The number of hydrogen-bond acceptors (Lipinski definition) is 3. The normalized spacial score (nSPS) is 14.6. The van der Waals surface area contributed by atoms with Crippen LogP contribution in [-0.4, -0.2) is 36.4 Å². The molecule has 5 heteroatoms. The van der Waals surface area contributed by atoms with E-state index in [1.165, 1.54) is 21.2 Å².